The third-order valence-corrected chi connectivity index (χ3v) is 2.19. The molecule has 0 spiro atoms. The molecule has 0 saturated heterocycles. The molecule has 1 atom stereocenters. The summed E-state index contributed by atoms with van der Waals surface area (Å²) in [7, 11) is 1.98. The van der Waals surface area contributed by atoms with Crippen molar-refractivity contribution in [3.63, 3.8) is 0 Å². The Hall–Kier alpha value is -0.820. The largest absolute Gasteiger partial charge is 0.317 e. The molecular weight excluding hydrogens is 182 g/mol. The molecule has 0 aromatic heterocycles. The highest BCUT2D eigenvalue weighted by molar-refractivity contribution is 5.31. The molecular formula is C14H27N. The third kappa shape index (κ3) is 8.19. The van der Waals surface area contributed by atoms with Gasteiger partial charge in [-0.2, -0.15) is 0 Å². The molecule has 0 aromatic carbocycles. The van der Waals surface area contributed by atoms with Crippen molar-refractivity contribution in [2.75, 3.05) is 7.05 Å². The Morgan fingerprint density at radius 2 is 1.93 bits per heavy atom. The van der Waals surface area contributed by atoms with E-state index < -0.39 is 0 Å². The van der Waals surface area contributed by atoms with Gasteiger partial charge in [0.15, 0.2) is 0 Å². The molecule has 15 heavy (non-hydrogen) atoms. The molecule has 0 aliphatic heterocycles. The van der Waals surface area contributed by atoms with E-state index in [2.05, 4.69) is 37.9 Å². The van der Waals surface area contributed by atoms with E-state index in [1.807, 2.05) is 33.9 Å². The minimum atomic E-state index is 0.508. The average Bonchev–Trinajstić information content (AvgIpc) is 2.28. The van der Waals surface area contributed by atoms with Gasteiger partial charge < -0.3 is 5.32 Å². The molecule has 0 amide bonds. The number of allylic oxidation sites excluding steroid dienone is 4. The number of hydrogen-bond acceptors (Lipinski definition) is 1. The minimum absolute atomic E-state index is 0.508. The molecule has 1 nitrogen and oxygen atoms in total. The van der Waals surface area contributed by atoms with Gasteiger partial charge in [-0.05, 0) is 45.4 Å². The summed E-state index contributed by atoms with van der Waals surface area (Å²) in [6.45, 7) is 14.2. The van der Waals surface area contributed by atoms with Crippen molar-refractivity contribution in [1.29, 1.82) is 0 Å². The van der Waals surface area contributed by atoms with E-state index in [0.29, 0.717) is 6.04 Å². The molecule has 0 radical (unpaired) electrons. The van der Waals surface area contributed by atoms with Crippen LogP contribution >= 0.6 is 0 Å². The van der Waals surface area contributed by atoms with E-state index in [1.54, 1.807) is 0 Å². The van der Waals surface area contributed by atoms with Gasteiger partial charge in [0.2, 0.25) is 0 Å². The molecule has 0 rings (SSSR count). The number of nitrogens with one attached hydrogen (secondary N) is 1. The Kier molecular flexibility index (Phi) is 12.5. The van der Waals surface area contributed by atoms with Crippen LogP contribution in [0.4, 0.5) is 0 Å². The van der Waals surface area contributed by atoms with E-state index in [0.717, 1.165) is 6.42 Å². The highest BCUT2D eigenvalue weighted by Gasteiger charge is 2.02. The van der Waals surface area contributed by atoms with Gasteiger partial charge >= 0.3 is 0 Å². The summed E-state index contributed by atoms with van der Waals surface area (Å²) in [5, 5.41) is 3.22. The Bertz CT molecular complexity index is 211. The summed E-state index contributed by atoms with van der Waals surface area (Å²) in [6.07, 6.45) is 7.17. The highest BCUT2D eigenvalue weighted by Crippen LogP contribution is 2.13. The molecule has 0 saturated carbocycles. The molecule has 88 valence electrons. The van der Waals surface area contributed by atoms with Gasteiger partial charge in [0.25, 0.3) is 0 Å². The highest BCUT2D eigenvalue weighted by atomic mass is 14.8. The van der Waals surface area contributed by atoms with Crippen molar-refractivity contribution in [3.05, 3.63) is 36.0 Å². The fourth-order valence-corrected chi connectivity index (χ4v) is 1.19. The van der Waals surface area contributed by atoms with E-state index in [-0.39, 0.29) is 0 Å². The molecule has 0 heterocycles. The first-order valence-electron chi connectivity index (χ1n) is 5.77. The van der Waals surface area contributed by atoms with E-state index in [4.69, 9.17) is 0 Å². The predicted octanol–water partition coefficient (Wildman–Crippen LogP) is 4.09. The fourth-order valence-electron chi connectivity index (χ4n) is 1.19. The summed E-state index contributed by atoms with van der Waals surface area (Å²) in [5.41, 5.74) is 2.62. The van der Waals surface area contributed by atoms with Gasteiger partial charge in [-0.3, -0.25) is 0 Å². The fraction of sp³-hybridized carbons (Fsp3) is 0.571. The smallest absolute Gasteiger partial charge is 0.00762 e. The van der Waals surface area contributed by atoms with Crippen LogP contribution in [0, 0.1) is 0 Å². The van der Waals surface area contributed by atoms with Crippen LogP contribution in [0.25, 0.3) is 0 Å². The standard InChI is InChI=1S/C12H21N.C2H6/c1-6-8-10(3)12(7-2)9-11(4)13-5;1-2/h6-8,11,13H,2,9H2,1,3-5H3;1-2H3/b8-6-,12-10+;. The molecule has 0 bridgehead atoms. The molecule has 0 fully saturated rings. The van der Waals surface area contributed by atoms with Crippen molar-refractivity contribution < 1.29 is 0 Å². The lowest BCUT2D eigenvalue weighted by molar-refractivity contribution is 0.609. The molecule has 1 heteroatoms. The zero-order valence-electron chi connectivity index (χ0n) is 11.2. The van der Waals surface area contributed by atoms with Crippen molar-refractivity contribution >= 4 is 0 Å². The monoisotopic (exact) mass is 209 g/mol. The molecule has 1 N–H and O–H groups in total. The van der Waals surface area contributed by atoms with Crippen LogP contribution in [0.5, 0.6) is 0 Å². The maximum Gasteiger partial charge on any atom is 0.00762 e. The van der Waals surface area contributed by atoms with Gasteiger partial charge in [0.05, 0.1) is 0 Å². The summed E-state index contributed by atoms with van der Waals surface area (Å²) < 4.78 is 0. The predicted molar refractivity (Wildman–Crippen MR) is 72.2 cm³/mol. The first kappa shape index (κ1) is 16.6. The SMILES string of the molecule is C=C/C(CC(C)NC)=C(C)\C=C/C.CC. The summed E-state index contributed by atoms with van der Waals surface area (Å²) in [4.78, 5) is 0. The summed E-state index contributed by atoms with van der Waals surface area (Å²) >= 11 is 0. The maximum absolute atomic E-state index is 3.83. The Morgan fingerprint density at radius 1 is 1.40 bits per heavy atom. The van der Waals surface area contributed by atoms with Crippen LogP contribution in [-0.2, 0) is 0 Å². The number of hydrogen-bond donors (Lipinski definition) is 1. The second-order valence-corrected chi connectivity index (χ2v) is 3.31. The second-order valence-electron chi connectivity index (χ2n) is 3.31. The van der Waals surface area contributed by atoms with Gasteiger partial charge in [0.1, 0.15) is 0 Å². The van der Waals surface area contributed by atoms with Crippen LogP contribution in [0.15, 0.2) is 36.0 Å². The minimum Gasteiger partial charge on any atom is -0.317 e. The molecule has 1 unspecified atom stereocenters. The Morgan fingerprint density at radius 3 is 2.27 bits per heavy atom. The van der Waals surface area contributed by atoms with Gasteiger partial charge in [-0.25, -0.2) is 0 Å². The molecule has 0 aromatic rings. The zero-order valence-corrected chi connectivity index (χ0v) is 11.2. The lowest BCUT2D eigenvalue weighted by Crippen LogP contribution is -2.21. The topological polar surface area (TPSA) is 12.0 Å². The van der Waals surface area contributed by atoms with E-state index >= 15 is 0 Å². The zero-order chi connectivity index (χ0) is 12.3. The molecule has 0 aliphatic rings. The first-order chi connectivity index (χ1) is 7.15. The average molecular weight is 209 g/mol. The van der Waals surface area contributed by atoms with E-state index in [1.165, 1.54) is 11.1 Å². The van der Waals surface area contributed by atoms with Crippen LogP contribution < -0.4 is 5.32 Å². The van der Waals surface area contributed by atoms with Crippen molar-refractivity contribution in [2.24, 2.45) is 0 Å². The van der Waals surface area contributed by atoms with Crippen molar-refractivity contribution in [3.8, 4) is 0 Å². The second kappa shape index (κ2) is 11.3. The normalized spacial score (nSPS) is 14.0. The van der Waals surface area contributed by atoms with Gasteiger partial charge in [-0.1, -0.05) is 38.7 Å². The van der Waals surface area contributed by atoms with Crippen LogP contribution in [0.2, 0.25) is 0 Å². The van der Waals surface area contributed by atoms with Gasteiger partial charge in [-0.15, -0.1) is 0 Å². The lowest BCUT2D eigenvalue weighted by atomic mass is 10.0. The Labute approximate surface area is 96.0 Å². The third-order valence-electron chi connectivity index (χ3n) is 2.19. The Balaban J connectivity index is 0. The van der Waals surface area contributed by atoms with Gasteiger partial charge in [0, 0.05) is 6.04 Å². The van der Waals surface area contributed by atoms with Crippen LogP contribution in [0.3, 0.4) is 0 Å². The first-order valence-corrected chi connectivity index (χ1v) is 5.77. The lowest BCUT2D eigenvalue weighted by Gasteiger charge is -2.12. The quantitative estimate of drug-likeness (QED) is 0.672. The molecule has 0 aliphatic carbocycles. The van der Waals surface area contributed by atoms with Crippen molar-refractivity contribution in [2.45, 2.75) is 47.1 Å². The number of rotatable bonds is 5. The summed E-state index contributed by atoms with van der Waals surface area (Å²) in [5.74, 6) is 0. The van der Waals surface area contributed by atoms with Crippen molar-refractivity contribution in [1.82, 2.24) is 5.32 Å². The summed E-state index contributed by atoms with van der Waals surface area (Å²) in [6, 6.07) is 0.508. The van der Waals surface area contributed by atoms with Crippen LogP contribution in [0.1, 0.15) is 41.0 Å². The maximum atomic E-state index is 3.83. The van der Waals surface area contributed by atoms with Crippen LogP contribution in [-0.4, -0.2) is 13.1 Å². The van der Waals surface area contributed by atoms with E-state index in [9.17, 15) is 0 Å².